The van der Waals surface area contributed by atoms with Gasteiger partial charge >= 0.3 is 11.9 Å². The van der Waals surface area contributed by atoms with Gasteiger partial charge in [-0.05, 0) is 74.0 Å². The molecule has 0 spiro atoms. The molecule has 5 N–H and O–H groups in total. The number of rotatable bonds is 7. The van der Waals surface area contributed by atoms with Crippen molar-refractivity contribution in [1.29, 1.82) is 0 Å². The van der Waals surface area contributed by atoms with E-state index in [2.05, 4.69) is 56.5 Å². The molecule has 190 valence electrons. The van der Waals surface area contributed by atoms with E-state index in [-0.39, 0.29) is 0 Å². The van der Waals surface area contributed by atoms with E-state index in [9.17, 15) is 9.59 Å². The van der Waals surface area contributed by atoms with E-state index in [0.29, 0.717) is 30.0 Å². The van der Waals surface area contributed by atoms with E-state index in [1.165, 1.54) is 30.0 Å². The molecule has 0 radical (unpaired) electrons. The molecule has 2 aromatic heterocycles. The van der Waals surface area contributed by atoms with Crippen molar-refractivity contribution in [3.63, 3.8) is 0 Å². The Morgan fingerprint density at radius 3 is 2.83 bits per heavy atom. The fraction of sp³-hybridized carbons (Fsp3) is 0.462. The molecule has 10 nitrogen and oxygen atoms in total. The number of aliphatic carboxylic acids is 1. The molecule has 2 aliphatic rings. The number of aryl methyl sites for hydroxylation is 1. The van der Waals surface area contributed by atoms with Crippen LogP contribution in [0.25, 0.3) is 10.9 Å². The molecule has 3 aromatic rings. The predicted molar refractivity (Wildman–Crippen MR) is 138 cm³/mol. The summed E-state index contributed by atoms with van der Waals surface area (Å²) in [7, 11) is 0. The fourth-order valence-corrected chi connectivity index (χ4v) is 5.11. The van der Waals surface area contributed by atoms with Gasteiger partial charge in [-0.1, -0.05) is 13.0 Å². The highest BCUT2D eigenvalue weighted by Crippen LogP contribution is 2.29. The van der Waals surface area contributed by atoms with Crippen molar-refractivity contribution < 1.29 is 14.7 Å². The SMILES string of the molecule is C[C@H]1CC[C@H](c2ccc3nn(C4CN(CCCc5cc(NC(=O)C(=O)O)cnc5N)C4)cc3c2)NC1. The molecule has 2 atom stereocenters. The number of hydrogen-bond donors (Lipinski definition) is 4. The van der Waals surface area contributed by atoms with Crippen LogP contribution in [0.4, 0.5) is 11.5 Å². The average Bonchev–Trinajstić information content (AvgIpc) is 3.25. The summed E-state index contributed by atoms with van der Waals surface area (Å²) in [6, 6.07) is 9.14. The van der Waals surface area contributed by atoms with Crippen molar-refractivity contribution in [2.45, 2.75) is 44.7 Å². The van der Waals surface area contributed by atoms with Gasteiger partial charge in [0.15, 0.2) is 0 Å². The standard InChI is InChI=1S/C26H33N7O3/c1-16-4-6-22(28-11-16)17-5-7-23-19(9-17)13-33(31-23)21-14-32(15-21)8-2-3-18-10-20(12-29-24(18)27)30-25(34)26(35)36/h5,7,9-10,12-13,16,21-22,28H,2-4,6,8,11,14-15H2,1H3,(H2,27,29)(H,30,34)(H,35,36)/t16-,22+/m0/s1. The van der Waals surface area contributed by atoms with Crippen LogP contribution in [0.1, 0.15) is 49.4 Å². The number of amides is 1. The van der Waals surface area contributed by atoms with Crippen LogP contribution in [0.2, 0.25) is 0 Å². The van der Waals surface area contributed by atoms with Gasteiger partial charge in [0, 0.05) is 30.7 Å². The van der Waals surface area contributed by atoms with Gasteiger partial charge in [0.05, 0.1) is 23.4 Å². The number of fused-ring (bicyclic) bond motifs is 1. The van der Waals surface area contributed by atoms with E-state index >= 15 is 0 Å². The first kappa shape index (κ1) is 24.2. The number of likely N-dealkylation sites (tertiary alicyclic amines) is 1. The lowest BCUT2D eigenvalue weighted by atomic mass is 9.92. The number of benzene rings is 1. The molecule has 1 aromatic carbocycles. The van der Waals surface area contributed by atoms with Crippen LogP contribution in [0.5, 0.6) is 0 Å². The summed E-state index contributed by atoms with van der Waals surface area (Å²) in [5, 5.41) is 20.7. The average molecular weight is 492 g/mol. The Kier molecular flexibility index (Phi) is 6.88. The van der Waals surface area contributed by atoms with Gasteiger partial charge in [0.25, 0.3) is 0 Å². The Bertz CT molecular complexity index is 1260. The largest absolute Gasteiger partial charge is 0.474 e. The minimum atomic E-state index is -1.54. The zero-order valence-corrected chi connectivity index (χ0v) is 20.5. The van der Waals surface area contributed by atoms with Crippen molar-refractivity contribution in [1.82, 2.24) is 25.0 Å². The number of carbonyl (C=O) groups is 2. The number of pyridine rings is 1. The summed E-state index contributed by atoms with van der Waals surface area (Å²) >= 11 is 0. The van der Waals surface area contributed by atoms with E-state index < -0.39 is 11.9 Å². The number of carbonyl (C=O) groups excluding carboxylic acids is 1. The monoisotopic (exact) mass is 491 g/mol. The number of nitrogens with two attached hydrogens (primary N) is 1. The minimum Gasteiger partial charge on any atom is -0.474 e. The molecule has 2 saturated heterocycles. The Morgan fingerprint density at radius 2 is 2.08 bits per heavy atom. The van der Waals surface area contributed by atoms with Gasteiger partial charge in [-0.3, -0.25) is 14.4 Å². The molecular weight excluding hydrogens is 458 g/mol. The number of carboxylic acid groups (broad SMARTS) is 1. The van der Waals surface area contributed by atoms with Crippen molar-refractivity contribution in [2.75, 3.05) is 37.2 Å². The molecule has 2 fully saturated rings. The van der Waals surface area contributed by atoms with Gasteiger partial charge in [-0.15, -0.1) is 0 Å². The molecule has 0 unspecified atom stereocenters. The second-order valence-electron chi connectivity index (χ2n) is 10.1. The maximum absolute atomic E-state index is 11.4. The van der Waals surface area contributed by atoms with Crippen molar-refractivity contribution in [3.8, 4) is 0 Å². The summed E-state index contributed by atoms with van der Waals surface area (Å²) < 4.78 is 2.11. The fourth-order valence-electron chi connectivity index (χ4n) is 5.11. The van der Waals surface area contributed by atoms with Gasteiger partial charge in [0.2, 0.25) is 0 Å². The maximum Gasteiger partial charge on any atom is 0.394 e. The van der Waals surface area contributed by atoms with Crippen LogP contribution in [0.3, 0.4) is 0 Å². The number of aromatic nitrogens is 3. The summed E-state index contributed by atoms with van der Waals surface area (Å²) in [5.41, 5.74) is 9.49. The molecule has 1 amide bonds. The Balaban J connectivity index is 1.12. The van der Waals surface area contributed by atoms with Crippen molar-refractivity contribution >= 4 is 34.3 Å². The molecule has 0 saturated carbocycles. The number of piperidine rings is 1. The van der Waals surface area contributed by atoms with Crippen LogP contribution in [-0.4, -0.2) is 62.8 Å². The second kappa shape index (κ2) is 10.2. The minimum absolute atomic E-state index is 0.332. The molecule has 0 aliphatic carbocycles. The van der Waals surface area contributed by atoms with Crippen LogP contribution in [0.15, 0.2) is 36.7 Å². The van der Waals surface area contributed by atoms with Gasteiger partial charge in [-0.25, -0.2) is 9.78 Å². The number of nitrogens with one attached hydrogen (secondary N) is 2. The summed E-state index contributed by atoms with van der Waals surface area (Å²) in [6.07, 6.45) is 7.56. The zero-order chi connectivity index (χ0) is 25.2. The van der Waals surface area contributed by atoms with E-state index in [1.54, 1.807) is 6.07 Å². The van der Waals surface area contributed by atoms with Crippen LogP contribution < -0.4 is 16.4 Å². The molecule has 36 heavy (non-hydrogen) atoms. The number of nitrogen functional groups attached to an aromatic ring is 1. The lowest BCUT2D eigenvalue weighted by Gasteiger charge is -2.39. The lowest BCUT2D eigenvalue weighted by Crippen LogP contribution is -2.48. The molecule has 4 heterocycles. The highest BCUT2D eigenvalue weighted by atomic mass is 16.4. The third kappa shape index (κ3) is 5.34. The predicted octanol–water partition coefficient (Wildman–Crippen LogP) is 2.59. The molecule has 2 aliphatic heterocycles. The first-order valence-electron chi connectivity index (χ1n) is 12.6. The van der Waals surface area contributed by atoms with Crippen molar-refractivity contribution in [3.05, 3.63) is 47.8 Å². The lowest BCUT2D eigenvalue weighted by molar-refractivity contribution is -0.147. The first-order valence-corrected chi connectivity index (χ1v) is 12.6. The topological polar surface area (TPSA) is 138 Å². The smallest absolute Gasteiger partial charge is 0.394 e. The summed E-state index contributed by atoms with van der Waals surface area (Å²) in [5.74, 6) is -1.49. The van der Waals surface area contributed by atoms with E-state index in [0.717, 1.165) is 49.6 Å². The quantitative estimate of drug-likeness (QED) is 0.370. The number of anilines is 2. The van der Waals surface area contributed by atoms with Crippen molar-refractivity contribution in [2.24, 2.45) is 5.92 Å². The van der Waals surface area contributed by atoms with Gasteiger partial charge < -0.3 is 21.5 Å². The number of hydrogen-bond acceptors (Lipinski definition) is 7. The zero-order valence-electron chi connectivity index (χ0n) is 20.5. The van der Waals surface area contributed by atoms with Gasteiger partial charge in [-0.2, -0.15) is 5.10 Å². The van der Waals surface area contributed by atoms with Crippen LogP contribution in [-0.2, 0) is 16.0 Å². The summed E-state index contributed by atoms with van der Waals surface area (Å²) in [6.45, 7) is 6.19. The third-order valence-corrected chi connectivity index (χ3v) is 7.30. The number of carboxylic acids is 1. The third-order valence-electron chi connectivity index (χ3n) is 7.30. The Labute approximate surface area is 209 Å². The Hall–Kier alpha value is -3.50. The van der Waals surface area contributed by atoms with Crippen LogP contribution in [0, 0.1) is 5.92 Å². The molecule has 0 bridgehead atoms. The normalized spacial score (nSPS) is 20.8. The first-order chi connectivity index (χ1) is 17.4. The maximum atomic E-state index is 11.4. The highest BCUT2D eigenvalue weighted by Gasteiger charge is 2.28. The van der Waals surface area contributed by atoms with Gasteiger partial charge in [0.1, 0.15) is 5.82 Å². The number of nitrogens with zero attached hydrogens (tertiary/aromatic N) is 4. The van der Waals surface area contributed by atoms with Crippen LogP contribution >= 0.6 is 0 Å². The van der Waals surface area contributed by atoms with E-state index in [1.807, 2.05) is 0 Å². The highest BCUT2D eigenvalue weighted by molar-refractivity contribution is 6.36. The molecular formula is C26H33N7O3. The molecule has 5 rings (SSSR count). The second-order valence-corrected chi connectivity index (χ2v) is 10.1. The summed E-state index contributed by atoms with van der Waals surface area (Å²) in [4.78, 5) is 28.6. The van der Waals surface area contributed by atoms with E-state index in [4.69, 9.17) is 15.9 Å². The Morgan fingerprint density at radius 1 is 1.25 bits per heavy atom. The molecule has 10 heteroatoms.